The smallest absolute Gasteiger partial charge is 0.134 e. The highest BCUT2D eigenvalue weighted by Crippen LogP contribution is 2.37. The molecule has 156 valence electrons. The summed E-state index contributed by atoms with van der Waals surface area (Å²) in [6.07, 6.45) is 5.24. The molecule has 0 atom stereocenters. The number of hydrogen-bond donors (Lipinski definition) is 0. The Labute approximate surface area is 183 Å². The maximum atomic E-state index is 15.0. The number of nitrogens with zero attached hydrogens (tertiary/aromatic N) is 5. The van der Waals surface area contributed by atoms with E-state index in [1.54, 1.807) is 37.8 Å². The molecule has 0 saturated carbocycles. The lowest BCUT2D eigenvalue weighted by Crippen LogP contribution is -2.02. The molecule has 0 bridgehead atoms. The zero-order valence-electron chi connectivity index (χ0n) is 17.5. The first-order chi connectivity index (χ1) is 15.6. The monoisotopic (exact) mass is 423 g/mol. The highest BCUT2D eigenvalue weighted by Gasteiger charge is 2.20. The first-order valence-corrected chi connectivity index (χ1v) is 10.0. The van der Waals surface area contributed by atoms with Crippen LogP contribution in [0.4, 0.5) is 4.39 Å². The molecule has 0 aliphatic heterocycles. The van der Waals surface area contributed by atoms with E-state index >= 15 is 4.39 Å². The zero-order chi connectivity index (χ0) is 22.2. The molecule has 0 fully saturated rings. The standard InChI is InChI=1S/C25H18FN5O/c1-15-8-19-21(10-23(15)32-2)29-13-22-24(19)25(18-6-5-16(11-27)9-20(18)26)30-31(22)14-17-4-3-7-28-12-17/h3-10,12-13H,14H2,1-2H3. The van der Waals surface area contributed by atoms with Crippen molar-refractivity contribution in [1.29, 1.82) is 5.26 Å². The van der Waals surface area contributed by atoms with Gasteiger partial charge in [-0.1, -0.05) is 6.07 Å². The van der Waals surface area contributed by atoms with Crippen LogP contribution in [-0.4, -0.2) is 26.9 Å². The summed E-state index contributed by atoms with van der Waals surface area (Å²) in [6.45, 7) is 2.42. The highest BCUT2D eigenvalue weighted by molar-refractivity contribution is 6.11. The molecule has 5 rings (SSSR count). The second-order valence-electron chi connectivity index (χ2n) is 7.53. The van der Waals surface area contributed by atoms with Gasteiger partial charge in [-0.3, -0.25) is 14.6 Å². The van der Waals surface area contributed by atoms with E-state index in [4.69, 9.17) is 15.1 Å². The SMILES string of the molecule is COc1cc2ncc3c(c(-c4ccc(C#N)cc4F)nn3Cc3cccnc3)c2cc1C. The fourth-order valence-electron chi connectivity index (χ4n) is 3.96. The van der Waals surface area contributed by atoms with E-state index in [1.807, 2.05) is 41.9 Å². The van der Waals surface area contributed by atoms with Crippen LogP contribution in [-0.2, 0) is 6.54 Å². The number of rotatable bonds is 4. The molecule has 5 aromatic rings. The topological polar surface area (TPSA) is 76.6 Å². The molecule has 32 heavy (non-hydrogen) atoms. The highest BCUT2D eigenvalue weighted by atomic mass is 19.1. The molecule has 2 aromatic carbocycles. The van der Waals surface area contributed by atoms with Crippen LogP contribution < -0.4 is 4.74 Å². The average molecular weight is 423 g/mol. The van der Waals surface area contributed by atoms with E-state index in [0.717, 1.165) is 38.7 Å². The fourth-order valence-corrected chi connectivity index (χ4v) is 3.96. The van der Waals surface area contributed by atoms with Crippen LogP contribution in [0.1, 0.15) is 16.7 Å². The van der Waals surface area contributed by atoms with Crippen molar-refractivity contribution >= 4 is 21.8 Å². The molecule has 0 aliphatic rings. The number of benzene rings is 2. The second kappa shape index (κ2) is 7.75. The molecule has 0 aliphatic carbocycles. The van der Waals surface area contributed by atoms with E-state index in [2.05, 4.69) is 9.97 Å². The number of methoxy groups -OCH3 is 1. The van der Waals surface area contributed by atoms with Crippen molar-refractivity contribution in [2.75, 3.05) is 7.11 Å². The van der Waals surface area contributed by atoms with Gasteiger partial charge in [-0.05, 0) is 48.4 Å². The fraction of sp³-hybridized carbons (Fsp3) is 0.120. The van der Waals surface area contributed by atoms with Crippen molar-refractivity contribution in [3.63, 3.8) is 0 Å². The predicted octanol–water partition coefficient (Wildman–Crippen LogP) is 5.02. The van der Waals surface area contributed by atoms with E-state index in [0.29, 0.717) is 17.8 Å². The van der Waals surface area contributed by atoms with E-state index in [-0.39, 0.29) is 5.56 Å². The Bertz CT molecular complexity index is 1520. The molecule has 7 heteroatoms. The molecular weight excluding hydrogens is 405 g/mol. The van der Waals surface area contributed by atoms with E-state index in [9.17, 15) is 0 Å². The number of hydrogen-bond acceptors (Lipinski definition) is 5. The van der Waals surface area contributed by atoms with Gasteiger partial charge in [-0.25, -0.2) is 4.39 Å². The molecule has 6 nitrogen and oxygen atoms in total. The number of fused-ring (bicyclic) bond motifs is 3. The molecule has 0 saturated heterocycles. The summed E-state index contributed by atoms with van der Waals surface area (Å²) in [7, 11) is 1.62. The maximum Gasteiger partial charge on any atom is 0.134 e. The molecule has 0 unspecified atom stereocenters. The molecule has 3 aromatic heterocycles. The molecule has 0 N–H and O–H groups in total. The summed E-state index contributed by atoms with van der Waals surface area (Å²) < 4.78 is 22.3. The number of aromatic nitrogens is 4. The largest absolute Gasteiger partial charge is 0.496 e. The molecular formula is C25H18FN5O. The molecule has 0 radical (unpaired) electrons. The van der Waals surface area contributed by atoms with Gasteiger partial charge in [0.05, 0.1) is 42.5 Å². The minimum atomic E-state index is -0.493. The molecule has 0 amide bonds. The summed E-state index contributed by atoms with van der Waals surface area (Å²) in [5, 5.41) is 15.6. The van der Waals surface area contributed by atoms with Crippen LogP contribution in [0.2, 0.25) is 0 Å². The Kier molecular flexibility index (Phi) is 4.75. The quantitative estimate of drug-likeness (QED) is 0.406. The van der Waals surface area contributed by atoms with Gasteiger partial charge in [-0.2, -0.15) is 10.4 Å². The van der Waals surface area contributed by atoms with Crippen molar-refractivity contribution in [2.24, 2.45) is 0 Å². The Morgan fingerprint density at radius 1 is 1.16 bits per heavy atom. The maximum absolute atomic E-state index is 15.0. The number of halogens is 1. The van der Waals surface area contributed by atoms with Gasteiger partial charge in [0.15, 0.2) is 0 Å². The van der Waals surface area contributed by atoms with Crippen molar-refractivity contribution in [3.8, 4) is 23.1 Å². The summed E-state index contributed by atoms with van der Waals surface area (Å²) in [4.78, 5) is 8.80. The third-order valence-electron chi connectivity index (χ3n) is 5.51. The van der Waals surface area contributed by atoms with Crippen molar-refractivity contribution < 1.29 is 9.13 Å². The summed E-state index contributed by atoms with van der Waals surface area (Å²) in [5.74, 6) is 0.241. The Balaban J connectivity index is 1.83. The van der Waals surface area contributed by atoms with Gasteiger partial charge in [0.2, 0.25) is 0 Å². The van der Waals surface area contributed by atoms with Crippen LogP contribution in [0.25, 0.3) is 33.1 Å². The van der Waals surface area contributed by atoms with Crippen LogP contribution in [0.15, 0.2) is 61.1 Å². The summed E-state index contributed by atoms with van der Waals surface area (Å²) in [6, 6.07) is 14.1. The van der Waals surface area contributed by atoms with Gasteiger partial charge >= 0.3 is 0 Å². The molecule has 3 heterocycles. The summed E-state index contributed by atoms with van der Waals surface area (Å²) >= 11 is 0. The van der Waals surface area contributed by atoms with Gasteiger partial charge in [0, 0.05) is 34.8 Å². The average Bonchev–Trinajstić information content (AvgIpc) is 3.17. The first kappa shape index (κ1) is 19.6. The van der Waals surface area contributed by atoms with Crippen molar-refractivity contribution in [1.82, 2.24) is 19.7 Å². The van der Waals surface area contributed by atoms with Crippen molar-refractivity contribution in [2.45, 2.75) is 13.5 Å². The number of aryl methyl sites for hydroxylation is 1. The first-order valence-electron chi connectivity index (χ1n) is 10.0. The third kappa shape index (κ3) is 3.22. The predicted molar refractivity (Wildman–Crippen MR) is 120 cm³/mol. The van der Waals surface area contributed by atoms with Crippen LogP contribution in [0, 0.1) is 24.1 Å². The third-order valence-corrected chi connectivity index (χ3v) is 5.51. The van der Waals surface area contributed by atoms with Gasteiger partial charge in [0.1, 0.15) is 17.3 Å². The minimum Gasteiger partial charge on any atom is -0.496 e. The summed E-state index contributed by atoms with van der Waals surface area (Å²) in [5.41, 5.74) is 4.52. The Morgan fingerprint density at radius 2 is 2.03 bits per heavy atom. The van der Waals surface area contributed by atoms with Crippen LogP contribution in [0.3, 0.4) is 0 Å². The van der Waals surface area contributed by atoms with Gasteiger partial charge in [-0.15, -0.1) is 0 Å². The van der Waals surface area contributed by atoms with Crippen LogP contribution in [0.5, 0.6) is 5.75 Å². The van der Waals surface area contributed by atoms with E-state index in [1.165, 1.54) is 6.07 Å². The van der Waals surface area contributed by atoms with Crippen molar-refractivity contribution in [3.05, 3.63) is 83.6 Å². The second-order valence-corrected chi connectivity index (χ2v) is 7.53. The lowest BCUT2D eigenvalue weighted by molar-refractivity contribution is 0.412. The van der Waals surface area contributed by atoms with Gasteiger partial charge < -0.3 is 4.74 Å². The Morgan fingerprint density at radius 3 is 2.75 bits per heavy atom. The lowest BCUT2D eigenvalue weighted by atomic mass is 10.0. The number of nitriles is 1. The zero-order valence-corrected chi connectivity index (χ0v) is 17.5. The Hall–Kier alpha value is -4.31. The van der Waals surface area contributed by atoms with Crippen LogP contribution >= 0.6 is 0 Å². The normalized spacial score (nSPS) is 11.1. The number of pyridine rings is 2. The number of ether oxygens (including phenoxy) is 1. The van der Waals surface area contributed by atoms with Gasteiger partial charge in [0.25, 0.3) is 0 Å². The lowest BCUT2D eigenvalue weighted by Gasteiger charge is -2.08. The molecule has 0 spiro atoms. The van der Waals surface area contributed by atoms with E-state index < -0.39 is 5.82 Å². The minimum absolute atomic E-state index is 0.262.